The summed E-state index contributed by atoms with van der Waals surface area (Å²) >= 11 is 0. The van der Waals surface area contributed by atoms with Gasteiger partial charge in [-0.25, -0.2) is 4.68 Å². The van der Waals surface area contributed by atoms with Crippen LogP contribution in [-0.2, 0) is 23.7 Å². The van der Waals surface area contributed by atoms with Gasteiger partial charge in [-0.2, -0.15) is 15.2 Å². The SMILES string of the molecule is CCN1C(=O)CC[C@H](C(=O)Nc2ncnn2C)[C@H]1c1ccnn1C. The van der Waals surface area contributed by atoms with Crippen molar-refractivity contribution in [1.29, 1.82) is 0 Å². The van der Waals surface area contributed by atoms with E-state index in [4.69, 9.17) is 0 Å². The minimum atomic E-state index is -0.366. The first kappa shape index (κ1) is 16.2. The number of amides is 2. The van der Waals surface area contributed by atoms with Crippen molar-refractivity contribution < 1.29 is 9.59 Å². The first-order chi connectivity index (χ1) is 11.5. The predicted molar refractivity (Wildman–Crippen MR) is 85.7 cm³/mol. The van der Waals surface area contributed by atoms with Gasteiger partial charge in [0.25, 0.3) is 0 Å². The van der Waals surface area contributed by atoms with Crippen LogP contribution in [0.2, 0.25) is 0 Å². The van der Waals surface area contributed by atoms with Crippen LogP contribution in [0.1, 0.15) is 31.5 Å². The topological polar surface area (TPSA) is 97.9 Å². The highest BCUT2D eigenvalue weighted by Crippen LogP contribution is 2.36. The van der Waals surface area contributed by atoms with Crippen LogP contribution in [0.5, 0.6) is 0 Å². The molecule has 0 saturated carbocycles. The van der Waals surface area contributed by atoms with Gasteiger partial charge in [0.05, 0.1) is 17.7 Å². The fraction of sp³-hybridized carbons (Fsp3) is 0.533. The van der Waals surface area contributed by atoms with Gasteiger partial charge in [0.15, 0.2) is 0 Å². The lowest BCUT2D eigenvalue weighted by Gasteiger charge is -2.39. The van der Waals surface area contributed by atoms with Crippen molar-refractivity contribution in [3.05, 3.63) is 24.3 Å². The summed E-state index contributed by atoms with van der Waals surface area (Å²) in [5.41, 5.74) is 0.850. The molecule has 2 amide bonds. The monoisotopic (exact) mass is 331 g/mol. The Labute approximate surface area is 139 Å². The molecule has 0 unspecified atom stereocenters. The number of nitrogens with one attached hydrogen (secondary N) is 1. The zero-order valence-corrected chi connectivity index (χ0v) is 14.0. The van der Waals surface area contributed by atoms with E-state index in [0.29, 0.717) is 25.3 Å². The van der Waals surface area contributed by atoms with E-state index in [0.717, 1.165) is 5.69 Å². The number of hydrogen-bond acceptors (Lipinski definition) is 5. The van der Waals surface area contributed by atoms with Crippen LogP contribution in [0.25, 0.3) is 0 Å². The zero-order valence-electron chi connectivity index (χ0n) is 14.0. The second kappa shape index (κ2) is 6.42. The number of aromatic nitrogens is 5. The summed E-state index contributed by atoms with van der Waals surface area (Å²) in [6.07, 6.45) is 3.92. The first-order valence-corrected chi connectivity index (χ1v) is 7.95. The molecule has 0 spiro atoms. The molecular formula is C15H21N7O2. The Kier molecular flexibility index (Phi) is 4.32. The third kappa shape index (κ3) is 2.77. The number of hydrogen-bond donors (Lipinski definition) is 1. The molecule has 2 aromatic heterocycles. The van der Waals surface area contributed by atoms with Crippen LogP contribution in [0, 0.1) is 5.92 Å². The van der Waals surface area contributed by atoms with Crippen molar-refractivity contribution in [3.8, 4) is 0 Å². The number of rotatable bonds is 4. The molecule has 0 radical (unpaired) electrons. The van der Waals surface area contributed by atoms with Crippen LogP contribution >= 0.6 is 0 Å². The second-order valence-electron chi connectivity index (χ2n) is 5.85. The van der Waals surface area contributed by atoms with Gasteiger partial charge in [-0.15, -0.1) is 0 Å². The third-order valence-electron chi connectivity index (χ3n) is 4.49. The van der Waals surface area contributed by atoms with E-state index in [2.05, 4.69) is 20.5 Å². The van der Waals surface area contributed by atoms with Crippen molar-refractivity contribution in [1.82, 2.24) is 29.4 Å². The molecule has 1 aliphatic heterocycles. The Hall–Kier alpha value is -2.71. The van der Waals surface area contributed by atoms with Crippen LogP contribution < -0.4 is 5.32 Å². The Morgan fingerprint density at radius 2 is 2.12 bits per heavy atom. The van der Waals surface area contributed by atoms with Crippen molar-refractivity contribution >= 4 is 17.8 Å². The highest BCUT2D eigenvalue weighted by molar-refractivity contribution is 5.93. The van der Waals surface area contributed by atoms with E-state index in [-0.39, 0.29) is 23.8 Å². The molecule has 0 aliphatic carbocycles. The molecule has 1 saturated heterocycles. The molecule has 9 nitrogen and oxygen atoms in total. The maximum Gasteiger partial charge on any atom is 0.232 e. The number of anilines is 1. The summed E-state index contributed by atoms with van der Waals surface area (Å²) in [7, 11) is 3.53. The molecule has 128 valence electrons. The summed E-state index contributed by atoms with van der Waals surface area (Å²) < 4.78 is 3.22. The molecule has 0 bridgehead atoms. The molecule has 2 aromatic rings. The van der Waals surface area contributed by atoms with E-state index in [1.165, 1.54) is 11.0 Å². The number of likely N-dealkylation sites (tertiary alicyclic amines) is 1. The van der Waals surface area contributed by atoms with Gasteiger partial charge in [0.1, 0.15) is 6.33 Å². The van der Waals surface area contributed by atoms with Crippen LogP contribution in [0.3, 0.4) is 0 Å². The normalized spacial score (nSPS) is 21.1. The highest BCUT2D eigenvalue weighted by atomic mass is 16.2. The van der Waals surface area contributed by atoms with Gasteiger partial charge >= 0.3 is 0 Å². The van der Waals surface area contributed by atoms with E-state index >= 15 is 0 Å². The van der Waals surface area contributed by atoms with E-state index in [9.17, 15) is 9.59 Å². The lowest BCUT2D eigenvalue weighted by atomic mass is 9.85. The number of aryl methyl sites for hydroxylation is 2. The molecule has 0 aromatic carbocycles. The van der Waals surface area contributed by atoms with Crippen molar-refractivity contribution in [3.63, 3.8) is 0 Å². The van der Waals surface area contributed by atoms with Crippen molar-refractivity contribution in [2.75, 3.05) is 11.9 Å². The smallest absolute Gasteiger partial charge is 0.232 e. The fourth-order valence-corrected chi connectivity index (χ4v) is 3.25. The minimum Gasteiger partial charge on any atom is -0.334 e. The molecule has 1 aliphatic rings. The maximum absolute atomic E-state index is 12.8. The first-order valence-electron chi connectivity index (χ1n) is 7.95. The summed E-state index contributed by atoms with van der Waals surface area (Å²) in [6.45, 7) is 2.46. The molecule has 1 fully saturated rings. The number of carbonyl (C=O) groups excluding carboxylic acids is 2. The van der Waals surface area contributed by atoms with Gasteiger partial charge in [-0.05, 0) is 19.4 Å². The average Bonchev–Trinajstić information content (AvgIpc) is 3.15. The van der Waals surface area contributed by atoms with Gasteiger partial charge in [0.2, 0.25) is 17.8 Å². The number of piperidine rings is 1. The van der Waals surface area contributed by atoms with Gasteiger partial charge in [-0.1, -0.05) is 0 Å². The van der Waals surface area contributed by atoms with E-state index in [1.54, 1.807) is 22.8 Å². The standard InChI is InChI=1S/C15H21N7O2/c1-4-22-12(23)6-5-10(13(22)11-7-8-17-20(11)2)14(24)19-15-16-9-18-21(15)3/h7-10,13H,4-6H2,1-3H3,(H,16,18,19,24)/t10-,13-/m0/s1. The van der Waals surface area contributed by atoms with Crippen LogP contribution in [-0.4, -0.2) is 47.8 Å². The number of nitrogens with zero attached hydrogens (tertiary/aromatic N) is 6. The lowest BCUT2D eigenvalue weighted by Crippen LogP contribution is -2.47. The zero-order chi connectivity index (χ0) is 17.3. The number of carbonyl (C=O) groups is 2. The van der Waals surface area contributed by atoms with Gasteiger partial charge in [-0.3, -0.25) is 19.6 Å². The fourth-order valence-electron chi connectivity index (χ4n) is 3.25. The summed E-state index contributed by atoms with van der Waals surface area (Å²) in [4.78, 5) is 30.9. The molecule has 3 heterocycles. The largest absolute Gasteiger partial charge is 0.334 e. The molecule has 24 heavy (non-hydrogen) atoms. The third-order valence-corrected chi connectivity index (χ3v) is 4.49. The van der Waals surface area contributed by atoms with Crippen LogP contribution in [0.4, 0.5) is 5.95 Å². The Balaban J connectivity index is 1.92. The van der Waals surface area contributed by atoms with Gasteiger partial charge < -0.3 is 4.90 Å². The predicted octanol–water partition coefficient (Wildman–Crippen LogP) is 0.487. The highest BCUT2D eigenvalue weighted by Gasteiger charge is 2.41. The van der Waals surface area contributed by atoms with E-state index < -0.39 is 0 Å². The Morgan fingerprint density at radius 1 is 1.33 bits per heavy atom. The molecule has 1 N–H and O–H groups in total. The van der Waals surface area contributed by atoms with Crippen LogP contribution in [0.15, 0.2) is 18.6 Å². The summed E-state index contributed by atoms with van der Waals surface area (Å²) in [6, 6.07) is 1.52. The van der Waals surface area contributed by atoms with Crippen molar-refractivity contribution in [2.24, 2.45) is 20.0 Å². The lowest BCUT2D eigenvalue weighted by molar-refractivity contribution is -0.142. The quantitative estimate of drug-likeness (QED) is 0.879. The molecule has 3 rings (SSSR count). The summed E-state index contributed by atoms with van der Waals surface area (Å²) in [5.74, 6) is -0.0758. The average molecular weight is 331 g/mol. The second-order valence-corrected chi connectivity index (χ2v) is 5.85. The van der Waals surface area contributed by atoms with Crippen molar-refractivity contribution in [2.45, 2.75) is 25.8 Å². The maximum atomic E-state index is 12.8. The summed E-state index contributed by atoms with van der Waals surface area (Å²) in [5, 5.41) is 11.0. The molecule has 2 atom stereocenters. The molecular weight excluding hydrogens is 310 g/mol. The molecule has 9 heteroatoms. The van der Waals surface area contributed by atoms with Gasteiger partial charge in [0, 0.05) is 33.3 Å². The minimum absolute atomic E-state index is 0.0615. The van der Waals surface area contributed by atoms with E-state index in [1.807, 2.05) is 20.0 Å². The Morgan fingerprint density at radius 3 is 2.71 bits per heavy atom. The Bertz CT molecular complexity index is 751.